The highest BCUT2D eigenvalue weighted by Gasteiger charge is 2.18. The molecular weight excluding hydrogens is 324 g/mol. The number of carbonyl (C=O) groups excluding carboxylic acids is 1. The molecule has 1 N–H and O–H groups in total. The van der Waals surface area contributed by atoms with E-state index in [2.05, 4.69) is 40.6 Å². The Hall–Kier alpha value is -2.84. The van der Waals surface area contributed by atoms with Crippen molar-refractivity contribution in [1.29, 1.82) is 5.26 Å². The lowest BCUT2D eigenvalue weighted by molar-refractivity contribution is -0.129. The van der Waals surface area contributed by atoms with E-state index in [4.69, 9.17) is 5.26 Å². The Kier molecular flexibility index (Phi) is 6.24. The number of benzene rings is 2. The Balaban J connectivity index is 1.47. The first kappa shape index (κ1) is 18.0. The van der Waals surface area contributed by atoms with E-state index >= 15 is 0 Å². The van der Waals surface area contributed by atoms with E-state index in [1.54, 1.807) is 12.1 Å². The molecule has 0 spiro atoms. The van der Waals surface area contributed by atoms with E-state index in [1.807, 2.05) is 23.1 Å². The fraction of sp³-hybridized carbons (Fsp3) is 0.333. The molecule has 0 bridgehead atoms. The summed E-state index contributed by atoms with van der Waals surface area (Å²) in [6, 6.07) is 19.7. The second kappa shape index (κ2) is 9.02. The number of nitriles is 1. The molecule has 0 saturated carbocycles. The summed E-state index contributed by atoms with van der Waals surface area (Å²) in [4.78, 5) is 16.9. The summed E-state index contributed by atoms with van der Waals surface area (Å²) in [7, 11) is 0. The largest absolute Gasteiger partial charge is 0.376 e. The van der Waals surface area contributed by atoms with Gasteiger partial charge in [0, 0.05) is 38.4 Å². The number of hydrogen-bond acceptors (Lipinski definition) is 4. The van der Waals surface area contributed by atoms with Crippen molar-refractivity contribution in [3.63, 3.8) is 0 Å². The summed E-state index contributed by atoms with van der Waals surface area (Å²) in [5.74, 6) is 0.121. The predicted octanol–water partition coefficient (Wildman–Crippen LogP) is 2.70. The standard InChI is InChI=1S/C21H24N4O/c22-15-18-7-9-20(10-8-18)23-16-21(26)25-12-4-11-24(13-14-25)17-19-5-2-1-3-6-19/h1-3,5-10,23H,4,11-14,16-17H2. The van der Waals surface area contributed by atoms with Crippen LogP contribution in [0.5, 0.6) is 0 Å². The lowest BCUT2D eigenvalue weighted by Crippen LogP contribution is -2.38. The van der Waals surface area contributed by atoms with Crippen LogP contribution in [0.15, 0.2) is 54.6 Å². The van der Waals surface area contributed by atoms with Crippen molar-refractivity contribution < 1.29 is 4.79 Å². The average Bonchev–Trinajstić information content (AvgIpc) is 2.93. The molecule has 26 heavy (non-hydrogen) atoms. The first-order valence-corrected chi connectivity index (χ1v) is 9.03. The molecule has 1 heterocycles. The van der Waals surface area contributed by atoms with Gasteiger partial charge in [-0.2, -0.15) is 5.26 Å². The van der Waals surface area contributed by atoms with Gasteiger partial charge in [-0.05, 0) is 36.2 Å². The van der Waals surface area contributed by atoms with Crippen LogP contribution in [0.2, 0.25) is 0 Å². The second-order valence-corrected chi connectivity index (χ2v) is 6.54. The maximum absolute atomic E-state index is 12.5. The molecule has 0 aromatic heterocycles. The van der Waals surface area contributed by atoms with Crippen LogP contribution in [0.3, 0.4) is 0 Å². The first-order chi connectivity index (χ1) is 12.7. The minimum absolute atomic E-state index is 0.121. The van der Waals surface area contributed by atoms with E-state index < -0.39 is 0 Å². The number of hydrogen-bond donors (Lipinski definition) is 1. The summed E-state index contributed by atoms with van der Waals surface area (Å²) < 4.78 is 0. The smallest absolute Gasteiger partial charge is 0.241 e. The Bertz CT molecular complexity index is 752. The van der Waals surface area contributed by atoms with Crippen LogP contribution >= 0.6 is 0 Å². The third-order valence-corrected chi connectivity index (χ3v) is 4.65. The zero-order chi connectivity index (χ0) is 18.2. The molecule has 1 amide bonds. The molecule has 2 aromatic rings. The van der Waals surface area contributed by atoms with Crippen LogP contribution in [-0.2, 0) is 11.3 Å². The van der Waals surface area contributed by atoms with Gasteiger partial charge in [-0.15, -0.1) is 0 Å². The molecule has 1 aliphatic heterocycles. The fourth-order valence-electron chi connectivity index (χ4n) is 3.17. The Morgan fingerprint density at radius 2 is 1.77 bits per heavy atom. The van der Waals surface area contributed by atoms with E-state index in [0.29, 0.717) is 5.56 Å². The molecule has 0 aliphatic carbocycles. The van der Waals surface area contributed by atoms with Crippen LogP contribution in [0, 0.1) is 11.3 Å². The van der Waals surface area contributed by atoms with Crippen molar-refractivity contribution in [1.82, 2.24) is 9.80 Å². The molecular formula is C21H24N4O. The van der Waals surface area contributed by atoms with Gasteiger partial charge in [-0.25, -0.2) is 0 Å². The number of anilines is 1. The highest BCUT2D eigenvalue weighted by Crippen LogP contribution is 2.11. The van der Waals surface area contributed by atoms with Gasteiger partial charge >= 0.3 is 0 Å². The number of rotatable bonds is 5. The summed E-state index contributed by atoms with van der Waals surface area (Å²) in [6.07, 6.45) is 0.995. The fourth-order valence-corrected chi connectivity index (χ4v) is 3.17. The quantitative estimate of drug-likeness (QED) is 0.903. The Labute approximate surface area is 154 Å². The zero-order valence-electron chi connectivity index (χ0n) is 14.9. The number of nitrogens with one attached hydrogen (secondary N) is 1. The lowest BCUT2D eigenvalue weighted by Gasteiger charge is -2.22. The van der Waals surface area contributed by atoms with Crippen molar-refractivity contribution in [3.8, 4) is 6.07 Å². The van der Waals surface area contributed by atoms with Gasteiger partial charge in [0.15, 0.2) is 0 Å². The molecule has 1 saturated heterocycles. The highest BCUT2D eigenvalue weighted by atomic mass is 16.2. The predicted molar refractivity (Wildman–Crippen MR) is 103 cm³/mol. The van der Waals surface area contributed by atoms with E-state index in [0.717, 1.165) is 44.8 Å². The van der Waals surface area contributed by atoms with Crippen LogP contribution in [0.1, 0.15) is 17.5 Å². The van der Waals surface area contributed by atoms with E-state index in [9.17, 15) is 4.79 Å². The van der Waals surface area contributed by atoms with Crippen LogP contribution in [-0.4, -0.2) is 48.4 Å². The molecule has 134 valence electrons. The van der Waals surface area contributed by atoms with Crippen LogP contribution < -0.4 is 5.32 Å². The molecule has 1 aliphatic rings. The normalized spacial score (nSPS) is 15.1. The van der Waals surface area contributed by atoms with Gasteiger partial charge in [0.2, 0.25) is 5.91 Å². The maximum atomic E-state index is 12.5. The van der Waals surface area contributed by atoms with Gasteiger partial charge < -0.3 is 10.2 Å². The molecule has 5 nitrogen and oxygen atoms in total. The monoisotopic (exact) mass is 348 g/mol. The highest BCUT2D eigenvalue weighted by molar-refractivity contribution is 5.80. The molecule has 5 heteroatoms. The summed E-state index contributed by atoms with van der Waals surface area (Å²) >= 11 is 0. The molecule has 0 radical (unpaired) electrons. The third-order valence-electron chi connectivity index (χ3n) is 4.65. The molecule has 0 atom stereocenters. The number of carbonyl (C=O) groups is 1. The van der Waals surface area contributed by atoms with Crippen molar-refractivity contribution in [3.05, 3.63) is 65.7 Å². The SMILES string of the molecule is N#Cc1ccc(NCC(=O)N2CCCN(Cc3ccccc3)CC2)cc1. The average molecular weight is 348 g/mol. The number of nitrogens with zero attached hydrogens (tertiary/aromatic N) is 3. The maximum Gasteiger partial charge on any atom is 0.241 e. The molecule has 0 unspecified atom stereocenters. The topological polar surface area (TPSA) is 59.4 Å². The van der Waals surface area contributed by atoms with Crippen molar-refractivity contribution >= 4 is 11.6 Å². The van der Waals surface area contributed by atoms with Gasteiger partial charge in [0.05, 0.1) is 18.2 Å². The summed E-state index contributed by atoms with van der Waals surface area (Å²) in [5, 5.41) is 12.0. The Morgan fingerprint density at radius 1 is 1.00 bits per heavy atom. The summed E-state index contributed by atoms with van der Waals surface area (Å²) in [5.41, 5.74) is 2.79. The second-order valence-electron chi connectivity index (χ2n) is 6.54. The number of amides is 1. The van der Waals surface area contributed by atoms with Gasteiger partial charge in [-0.3, -0.25) is 9.69 Å². The van der Waals surface area contributed by atoms with Crippen LogP contribution in [0.25, 0.3) is 0 Å². The van der Waals surface area contributed by atoms with Crippen molar-refractivity contribution in [2.45, 2.75) is 13.0 Å². The minimum Gasteiger partial charge on any atom is -0.376 e. The first-order valence-electron chi connectivity index (χ1n) is 9.03. The Morgan fingerprint density at radius 3 is 2.50 bits per heavy atom. The zero-order valence-corrected chi connectivity index (χ0v) is 14.9. The van der Waals surface area contributed by atoms with E-state index in [1.165, 1.54) is 5.56 Å². The lowest BCUT2D eigenvalue weighted by atomic mass is 10.2. The summed E-state index contributed by atoms with van der Waals surface area (Å²) in [6.45, 7) is 4.70. The minimum atomic E-state index is 0.121. The van der Waals surface area contributed by atoms with Gasteiger partial charge in [0.1, 0.15) is 0 Å². The van der Waals surface area contributed by atoms with Gasteiger partial charge in [-0.1, -0.05) is 30.3 Å². The molecule has 3 rings (SSSR count). The van der Waals surface area contributed by atoms with Gasteiger partial charge in [0.25, 0.3) is 0 Å². The van der Waals surface area contributed by atoms with Crippen LogP contribution in [0.4, 0.5) is 5.69 Å². The molecule has 1 fully saturated rings. The van der Waals surface area contributed by atoms with Crippen molar-refractivity contribution in [2.24, 2.45) is 0 Å². The van der Waals surface area contributed by atoms with Crippen molar-refractivity contribution in [2.75, 3.05) is 38.0 Å². The molecule has 2 aromatic carbocycles. The van der Waals surface area contributed by atoms with E-state index in [-0.39, 0.29) is 12.5 Å². The third kappa shape index (κ3) is 5.08.